The van der Waals surface area contributed by atoms with Gasteiger partial charge in [0.2, 0.25) is 0 Å². The molecule has 2 saturated heterocycles. The van der Waals surface area contributed by atoms with Gasteiger partial charge in [0.05, 0.1) is 21.8 Å². The van der Waals surface area contributed by atoms with Crippen LogP contribution in [0.15, 0.2) is 23.1 Å². The first-order valence-corrected chi connectivity index (χ1v) is 11.3. The Balaban J connectivity index is 1.65. The van der Waals surface area contributed by atoms with Crippen LogP contribution in [0.2, 0.25) is 10.2 Å². The highest BCUT2D eigenvalue weighted by molar-refractivity contribution is 6.41. The Hall–Kier alpha value is -2.91. The van der Waals surface area contributed by atoms with E-state index in [9.17, 15) is 9.59 Å². The molecule has 1 spiro atoms. The summed E-state index contributed by atoms with van der Waals surface area (Å²) in [5, 5.41) is 10.1. The Morgan fingerprint density at radius 3 is 2.52 bits per heavy atom. The van der Waals surface area contributed by atoms with Gasteiger partial charge in [-0.2, -0.15) is 4.98 Å². The minimum Gasteiger partial charge on any atom is -0.465 e. The maximum absolute atomic E-state index is 13.4. The van der Waals surface area contributed by atoms with Crippen molar-refractivity contribution < 1.29 is 9.90 Å². The second-order valence-electron chi connectivity index (χ2n) is 9.20. The molecule has 0 aliphatic carbocycles. The topological polar surface area (TPSA) is 104 Å². The lowest BCUT2D eigenvalue weighted by atomic mass is 9.73. The molecule has 0 atom stereocenters. The number of likely N-dealkylation sites (tertiary alicyclic amines) is 1. The van der Waals surface area contributed by atoms with Gasteiger partial charge in [-0.05, 0) is 30.5 Å². The zero-order chi connectivity index (χ0) is 23.7. The van der Waals surface area contributed by atoms with E-state index in [0.717, 1.165) is 11.3 Å². The Kier molecular flexibility index (Phi) is 5.02. The number of halogens is 2. The van der Waals surface area contributed by atoms with Crippen LogP contribution in [0.25, 0.3) is 16.7 Å². The molecular formula is C22H22Cl2N6O3. The number of aryl methyl sites for hydroxylation is 1. The first-order chi connectivity index (χ1) is 15.6. The normalized spacial score (nSPS) is 16.9. The van der Waals surface area contributed by atoms with Gasteiger partial charge in [0.15, 0.2) is 5.65 Å². The maximum Gasteiger partial charge on any atom is 0.407 e. The van der Waals surface area contributed by atoms with Crippen LogP contribution in [-0.2, 0) is 0 Å². The number of carboxylic acid groups (broad SMARTS) is 1. The molecule has 3 aromatic heterocycles. The highest BCUT2D eigenvalue weighted by Gasteiger charge is 2.54. The van der Waals surface area contributed by atoms with Gasteiger partial charge in [0.1, 0.15) is 11.0 Å². The molecule has 2 fully saturated rings. The first kappa shape index (κ1) is 21.9. The average Bonchev–Trinajstić information content (AvgIpc) is 2.67. The van der Waals surface area contributed by atoms with Crippen LogP contribution in [0.3, 0.4) is 0 Å². The molecule has 11 heteroatoms. The summed E-state index contributed by atoms with van der Waals surface area (Å²) in [6, 6.07) is 3.52. The largest absolute Gasteiger partial charge is 0.465 e. The molecule has 5 heterocycles. The van der Waals surface area contributed by atoms with E-state index in [4.69, 9.17) is 28.3 Å². The molecular weight excluding hydrogens is 467 g/mol. The number of aromatic nitrogens is 4. The van der Waals surface area contributed by atoms with Crippen molar-refractivity contribution in [3.8, 4) is 5.69 Å². The van der Waals surface area contributed by atoms with Crippen LogP contribution in [-0.4, -0.2) is 61.8 Å². The summed E-state index contributed by atoms with van der Waals surface area (Å²) in [6.07, 6.45) is 0.808. The highest BCUT2D eigenvalue weighted by atomic mass is 35.5. The van der Waals surface area contributed by atoms with E-state index in [2.05, 4.69) is 15.0 Å². The van der Waals surface area contributed by atoms with Crippen molar-refractivity contribution in [2.45, 2.75) is 26.7 Å². The molecule has 0 bridgehead atoms. The quantitative estimate of drug-likeness (QED) is 0.560. The summed E-state index contributed by atoms with van der Waals surface area (Å²) in [7, 11) is 0. The van der Waals surface area contributed by atoms with Crippen molar-refractivity contribution in [2.24, 2.45) is 5.41 Å². The van der Waals surface area contributed by atoms with E-state index in [0.29, 0.717) is 48.7 Å². The molecule has 0 unspecified atom stereocenters. The number of carbonyl (C=O) groups is 1. The van der Waals surface area contributed by atoms with Crippen molar-refractivity contribution in [2.75, 3.05) is 31.1 Å². The van der Waals surface area contributed by atoms with Crippen LogP contribution in [0.1, 0.15) is 31.0 Å². The van der Waals surface area contributed by atoms with Crippen LogP contribution in [0.4, 0.5) is 10.6 Å². The summed E-state index contributed by atoms with van der Waals surface area (Å²) in [4.78, 5) is 41.3. The predicted octanol–water partition coefficient (Wildman–Crippen LogP) is 3.71. The zero-order valence-electron chi connectivity index (χ0n) is 18.3. The van der Waals surface area contributed by atoms with Gasteiger partial charge in [-0.15, -0.1) is 0 Å². The average molecular weight is 489 g/mol. The molecule has 2 aliphatic rings. The molecule has 1 amide bonds. The lowest BCUT2D eigenvalue weighted by molar-refractivity contribution is -0.00964. The number of pyridine rings is 2. The minimum atomic E-state index is -0.913. The van der Waals surface area contributed by atoms with Crippen molar-refractivity contribution in [1.29, 1.82) is 0 Å². The van der Waals surface area contributed by atoms with E-state index < -0.39 is 11.8 Å². The van der Waals surface area contributed by atoms with Gasteiger partial charge in [-0.3, -0.25) is 4.98 Å². The van der Waals surface area contributed by atoms with Gasteiger partial charge in [-0.25, -0.2) is 19.1 Å². The lowest BCUT2D eigenvalue weighted by Gasteiger charge is -2.59. The number of rotatable bonds is 3. The lowest BCUT2D eigenvalue weighted by Crippen LogP contribution is -2.73. The number of amides is 1. The molecule has 9 nitrogen and oxygen atoms in total. The second kappa shape index (κ2) is 7.56. The highest BCUT2D eigenvalue weighted by Crippen LogP contribution is 2.43. The fraction of sp³-hybridized carbons (Fsp3) is 0.409. The number of hydrogen-bond acceptors (Lipinski definition) is 6. The molecule has 33 heavy (non-hydrogen) atoms. The molecule has 0 saturated carbocycles. The van der Waals surface area contributed by atoms with Crippen molar-refractivity contribution in [3.63, 3.8) is 0 Å². The first-order valence-electron chi connectivity index (χ1n) is 10.6. The third-order valence-electron chi connectivity index (χ3n) is 6.36. The summed E-state index contributed by atoms with van der Waals surface area (Å²) in [6.45, 7) is 8.09. The van der Waals surface area contributed by atoms with Gasteiger partial charge in [0.25, 0.3) is 0 Å². The molecule has 2 aliphatic heterocycles. The third-order valence-corrected chi connectivity index (χ3v) is 7.03. The Morgan fingerprint density at radius 1 is 1.18 bits per heavy atom. The van der Waals surface area contributed by atoms with Crippen molar-refractivity contribution in [1.82, 2.24) is 24.4 Å². The summed E-state index contributed by atoms with van der Waals surface area (Å²) in [5.41, 5.74) is 2.04. The van der Waals surface area contributed by atoms with E-state index in [-0.39, 0.29) is 21.5 Å². The standard InChI is InChI=1S/C22H22Cl2N6O3/c1-11(2)15-16(12(3)4-5-25-15)30-19-13(6-14(23)17(24)26-19)18(27-20(30)31)28-7-22(8-28)9-29(10-22)21(32)33/h4-6,11H,7-10H2,1-3H3,(H,32,33). The van der Waals surface area contributed by atoms with Crippen molar-refractivity contribution >= 4 is 46.1 Å². The summed E-state index contributed by atoms with van der Waals surface area (Å²) < 4.78 is 1.46. The van der Waals surface area contributed by atoms with Crippen LogP contribution in [0, 0.1) is 12.3 Å². The van der Waals surface area contributed by atoms with Gasteiger partial charge in [0, 0.05) is 37.8 Å². The van der Waals surface area contributed by atoms with Crippen LogP contribution < -0.4 is 10.6 Å². The van der Waals surface area contributed by atoms with E-state index in [1.54, 1.807) is 12.3 Å². The fourth-order valence-electron chi connectivity index (χ4n) is 4.82. The molecule has 3 aromatic rings. The van der Waals surface area contributed by atoms with Crippen LogP contribution in [0.5, 0.6) is 0 Å². The monoisotopic (exact) mass is 488 g/mol. The second-order valence-corrected chi connectivity index (χ2v) is 9.96. The predicted molar refractivity (Wildman–Crippen MR) is 126 cm³/mol. The summed E-state index contributed by atoms with van der Waals surface area (Å²) >= 11 is 12.6. The summed E-state index contributed by atoms with van der Waals surface area (Å²) in [5.74, 6) is 0.541. The number of fused-ring (bicyclic) bond motifs is 1. The van der Waals surface area contributed by atoms with Gasteiger partial charge in [-0.1, -0.05) is 37.0 Å². The van der Waals surface area contributed by atoms with Crippen molar-refractivity contribution in [3.05, 3.63) is 50.2 Å². The Labute approximate surface area is 199 Å². The third kappa shape index (κ3) is 3.41. The Bertz CT molecular complexity index is 1360. The molecule has 0 radical (unpaired) electrons. The van der Waals surface area contributed by atoms with E-state index >= 15 is 0 Å². The minimum absolute atomic E-state index is 0.0651. The maximum atomic E-state index is 13.4. The van der Waals surface area contributed by atoms with Gasteiger partial charge >= 0.3 is 11.8 Å². The molecule has 1 N–H and O–H groups in total. The number of anilines is 1. The number of hydrogen-bond donors (Lipinski definition) is 1. The SMILES string of the molecule is Cc1ccnc(C(C)C)c1-n1c(=O)nc(N2CC3(CN(C(=O)O)C3)C2)c2cc(Cl)c(Cl)nc21. The molecule has 172 valence electrons. The number of nitrogens with zero attached hydrogens (tertiary/aromatic N) is 6. The molecule has 0 aromatic carbocycles. The Morgan fingerprint density at radius 2 is 1.88 bits per heavy atom. The smallest absolute Gasteiger partial charge is 0.407 e. The van der Waals surface area contributed by atoms with E-state index in [1.165, 1.54) is 9.47 Å². The van der Waals surface area contributed by atoms with Gasteiger partial charge < -0.3 is 14.9 Å². The molecule has 5 rings (SSSR count). The van der Waals surface area contributed by atoms with Crippen LogP contribution >= 0.6 is 23.2 Å². The zero-order valence-corrected chi connectivity index (χ0v) is 19.9. The van der Waals surface area contributed by atoms with E-state index in [1.807, 2.05) is 31.7 Å². The fourth-order valence-corrected chi connectivity index (χ4v) is 5.11.